The number of ether oxygens (including phenoxy) is 1. The Labute approximate surface area is 156 Å². The zero-order valence-electron chi connectivity index (χ0n) is 14.5. The highest BCUT2D eigenvalue weighted by atomic mass is 32.1. The van der Waals surface area contributed by atoms with E-state index in [0.717, 1.165) is 24.4 Å². The van der Waals surface area contributed by atoms with Gasteiger partial charge in [0.25, 0.3) is 5.91 Å². The Balaban J connectivity index is 1.46. The second kappa shape index (κ2) is 7.25. The van der Waals surface area contributed by atoms with Crippen molar-refractivity contribution in [3.8, 4) is 5.75 Å². The highest BCUT2D eigenvalue weighted by Gasteiger charge is 2.21. The molecule has 0 atom stereocenters. The van der Waals surface area contributed by atoms with E-state index >= 15 is 0 Å². The van der Waals surface area contributed by atoms with Gasteiger partial charge in [-0.05, 0) is 42.7 Å². The number of fused-ring (bicyclic) bond motifs is 1. The molecule has 26 heavy (non-hydrogen) atoms. The van der Waals surface area contributed by atoms with Crippen LogP contribution >= 0.6 is 11.7 Å². The SMILES string of the molecule is Cc1nsnc1COc1cccc(C(=O)N2CCc3ccccc3C2)c1. The molecule has 1 aliphatic heterocycles. The van der Waals surface area contributed by atoms with Crippen LogP contribution in [0.25, 0.3) is 0 Å². The highest BCUT2D eigenvalue weighted by molar-refractivity contribution is 6.99. The maximum absolute atomic E-state index is 12.9. The van der Waals surface area contributed by atoms with Crippen LogP contribution in [0.1, 0.15) is 32.9 Å². The molecule has 2 aromatic carbocycles. The summed E-state index contributed by atoms with van der Waals surface area (Å²) in [5.41, 5.74) is 4.93. The lowest BCUT2D eigenvalue weighted by Gasteiger charge is -2.29. The van der Waals surface area contributed by atoms with Crippen LogP contribution in [0.5, 0.6) is 5.75 Å². The summed E-state index contributed by atoms with van der Waals surface area (Å²) in [6.07, 6.45) is 0.897. The van der Waals surface area contributed by atoms with Gasteiger partial charge in [-0.15, -0.1) is 0 Å². The van der Waals surface area contributed by atoms with E-state index < -0.39 is 0 Å². The summed E-state index contributed by atoms with van der Waals surface area (Å²) in [6, 6.07) is 15.7. The van der Waals surface area contributed by atoms with Crippen molar-refractivity contribution in [3.63, 3.8) is 0 Å². The van der Waals surface area contributed by atoms with E-state index in [-0.39, 0.29) is 5.91 Å². The second-order valence-electron chi connectivity index (χ2n) is 6.36. The number of aromatic nitrogens is 2. The van der Waals surface area contributed by atoms with Gasteiger partial charge in [-0.2, -0.15) is 8.75 Å². The molecule has 3 aromatic rings. The minimum absolute atomic E-state index is 0.0384. The Morgan fingerprint density at radius 2 is 2.00 bits per heavy atom. The Hall–Kier alpha value is -2.73. The largest absolute Gasteiger partial charge is 0.487 e. The molecule has 1 aromatic heterocycles. The zero-order chi connectivity index (χ0) is 17.9. The van der Waals surface area contributed by atoms with Crippen molar-refractivity contribution in [1.29, 1.82) is 0 Å². The second-order valence-corrected chi connectivity index (χ2v) is 6.89. The quantitative estimate of drug-likeness (QED) is 0.709. The van der Waals surface area contributed by atoms with Crippen molar-refractivity contribution in [1.82, 2.24) is 13.6 Å². The minimum atomic E-state index is 0.0384. The maximum atomic E-state index is 12.9. The van der Waals surface area contributed by atoms with Crippen molar-refractivity contribution in [3.05, 3.63) is 76.6 Å². The molecule has 0 unspecified atom stereocenters. The fourth-order valence-corrected chi connectivity index (χ4v) is 3.65. The molecule has 0 saturated carbocycles. The molecule has 0 bridgehead atoms. The van der Waals surface area contributed by atoms with Gasteiger partial charge in [-0.1, -0.05) is 30.3 Å². The first-order valence-corrected chi connectivity index (χ1v) is 9.31. The monoisotopic (exact) mass is 365 g/mol. The smallest absolute Gasteiger partial charge is 0.254 e. The van der Waals surface area contributed by atoms with Gasteiger partial charge in [0, 0.05) is 18.7 Å². The Morgan fingerprint density at radius 1 is 1.15 bits per heavy atom. The molecule has 0 saturated heterocycles. The van der Waals surface area contributed by atoms with Crippen LogP contribution in [0, 0.1) is 6.92 Å². The van der Waals surface area contributed by atoms with Gasteiger partial charge in [-0.3, -0.25) is 4.79 Å². The summed E-state index contributed by atoms with van der Waals surface area (Å²) in [5.74, 6) is 0.706. The summed E-state index contributed by atoms with van der Waals surface area (Å²) < 4.78 is 14.2. The number of aryl methyl sites for hydroxylation is 1. The van der Waals surface area contributed by atoms with Gasteiger partial charge >= 0.3 is 0 Å². The summed E-state index contributed by atoms with van der Waals surface area (Å²) in [5, 5.41) is 0. The van der Waals surface area contributed by atoms with Gasteiger partial charge in [-0.25, -0.2) is 0 Å². The molecule has 0 N–H and O–H groups in total. The molecule has 0 radical (unpaired) electrons. The molecular weight excluding hydrogens is 346 g/mol. The van der Waals surface area contributed by atoms with Crippen LogP contribution in [0.15, 0.2) is 48.5 Å². The lowest BCUT2D eigenvalue weighted by molar-refractivity contribution is 0.0734. The standard InChI is InChI=1S/C20H19N3O2S/c1-14-19(22-26-21-14)13-25-18-8-4-7-16(11-18)20(24)23-10-9-15-5-2-3-6-17(15)12-23/h2-8,11H,9-10,12-13H2,1H3. The van der Waals surface area contributed by atoms with E-state index in [0.29, 0.717) is 24.5 Å². The normalized spacial score (nSPS) is 13.3. The first-order chi connectivity index (χ1) is 12.7. The van der Waals surface area contributed by atoms with Crippen molar-refractivity contribution < 1.29 is 9.53 Å². The van der Waals surface area contributed by atoms with Gasteiger partial charge in [0.2, 0.25) is 0 Å². The van der Waals surface area contributed by atoms with E-state index in [1.165, 1.54) is 22.9 Å². The molecule has 1 aliphatic rings. The third-order valence-corrected chi connectivity index (χ3v) is 5.28. The number of amides is 1. The Kier molecular flexibility index (Phi) is 4.67. The van der Waals surface area contributed by atoms with Crippen molar-refractivity contribution >= 4 is 17.6 Å². The molecule has 0 fully saturated rings. The minimum Gasteiger partial charge on any atom is -0.487 e. The van der Waals surface area contributed by atoms with Gasteiger partial charge < -0.3 is 9.64 Å². The molecular formula is C20H19N3O2S. The first kappa shape index (κ1) is 16.7. The number of carbonyl (C=O) groups excluding carboxylic acids is 1. The fourth-order valence-electron chi connectivity index (χ4n) is 3.10. The van der Waals surface area contributed by atoms with Crippen LogP contribution in [0.2, 0.25) is 0 Å². The van der Waals surface area contributed by atoms with E-state index in [1.807, 2.05) is 36.1 Å². The van der Waals surface area contributed by atoms with Crippen LogP contribution in [0.3, 0.4) is 0 Å². The summed E-state index contributed by atoms with van der Waals surface area (Å²) in [7, 11) is 0. The average molecular weight is 365 g/mol. The van der Waals surface area contributed by atoms with E-state index in [2.05, 4.69) is 26.9 Å². The van der Waals surface area contributed by atoms with E-state index in [9.17, 15) is 4.79 Å². The molecule has 4 rings (SSSR count). The molecule has 6 heteroatoms. The third-order valence-electron chi connectivity index (χ3n) is 4.62. The fraction of sp³-hybridized carbons (Fsp3) is 0.250. The van der Waals surface area contributed by atoms with Crippen LogP contribution in [-0.2, 0) is 19.6 Å². The Bertz CT molecular complexity index is 938. The van der Waals surface area contributed by atoms with E-state index in [1.54, 1.807) is 6.07 Å². The molecule has 1 amide bonds. The van der Waals surface area contributed by atoms with Crippen molar-refractivity contribution in [2.24, 2.45) is 0 Å². The molecule has 0 aliphatic carbocycles. The zero-order valence-corrected chi connectivity index (χ0v) is 15.3. The summed E-state index contributed by atoms with van der Waals surface area (Å²) in [4.78, 5) is 14.8. The number of hydrogen-bond donors (Lipinski definition) is 0. The number of nitrogens with zero attached hydrogens (tertiary/aromatic N) is 3. The maximum Gasteiger partial charge on any atom is 0.254 e. The Morgan fingerprint density at radius 3 is 2.81 bits per heavy atom. The number of benzene rings is 2. The molecule has 5 nitrogen and oxygen atoms in total. The van der Waals surface area contributed by atoms with E-state index in [4.69, 9.17) is 4.74 Å². The van der Waals surface area contributed by atoms with Crippen LogP contribution in [0.4, 0.5) is 0 Å². The van der Waals surface area contributed by atoms with Gasteiger partial charge in [0.05, 0.1) is 17.4 Å². The summed E-state index contributed by atoms with van der Waals surface area (Å²) in [6.45, 7) is 3.67. The molecule has 0 spiro atoms. The first-order valence-electron chi connectivity index (χ1n) is 8.57. The average Bonchev–Trinajstić information content (AvgIpc) is 3.10. The van der Waals surface area contributed by atoms with Crippen molar-refractivity contribution in [2.75, 3.05) is 6.54 Å². The van der Waals surface area contributed by atoms with Crippen LogP contribution < -0.4 is 4.74 Å². The van der Waals surface area contributed by atoms with Gasteiger partial charge in [0.1, 0.15) is 18.1 Å². The number of rotatable bonds is 4. The topological polar surface area (TPSA) is 55.3 Å². The highest BCUT2D eigenvalue weighted by Crippen LogP contribution is 2.22. The molecule has 132 valence electrons. The molecule has 2 heterocycles. The third kappa shape index (κ3) is 3.46. The predicted octanol–water partition coefficient (Wildman–Crippen LogP) is 3.62. The van der Waals surface area contributed by atoms with Gasteiger partial charge in [0.15, 0.2) is 0 Å². The predicted molar refractivity (Wildman–Crippen MR) is 100 cm³/mol. The van der Waals surface area contributed by atoms with Crippen LogP contribution in [-0.4, -0.2) is 26.1 Å². The number of hydrogen-bond acceptors (Lipinski definition) is 5. The summed E-state index contributed by atoms with van der Waals surface area (Å²) >= 11 is 1.18. The number of carbonyl (C=O) groups is 1. The lowest BCUT2D eigenvalue weighted by Crippen LogP contribution is -2.35. The van der Waals surface area contributed by atoms with Crippen molar-refractivity contribution in [2.45, 2.75) is 26.5 Å². The lowest BCUT2D eigenvalue weighted by atomic mass is 9.99.